The maximum Gasteiger partial charge on any atom is 0.128 e. The maximum absolute atomic E-state index is 2.58. The van der Waals surface area contributed by atoms with Crippen LogP contribution in [0.1, 0.15) is 90.9 Å². The number of unbranched alkanes of at least 4 members (excludes halogenated alkanes) is 6. The Balaban J connectivity index is 1.83. The molecule has 1 heterocycles. The maximum atomic E-state index is 2.58. The van der Waals surface area contributed by atoms with Gasteiger partial charge in [0.25, 0.3) is 0 Å². The summed E-state index contributed by atoms with van der Waals surface area (Å²) in [6, 6.07) is 0. The number of likely N-dealkylation sites (tertiary alicyclic amines) is 1. The minimum atomic E-state index is 1.06. The van der Waals surface area contributed by atoms with Crippen LogP contribution in [0.4, 0.5) is 0 Å². The fourth-order valence-electron chi connectivity index (χ4n) is 5.81. The second-order valence-corrected chi connectivity index (χ2v) is 10.4. The zero-order valence-corrected chi connectivity index (χ0v) is 18.8. The first-order valence-corrected chi connectivity index (χ1v) is 12.2. The van der Waals surface area contributed by atoms with E-state index in [1.165, 1.54) is 125 Å². The molecule has 0 amide bonds. The zero-order valence-electron chi connectivity index (χ0n) is 18.8. The Morgan fingerprint density at radius 1 is 0.731 bits per heavy atom. The summed E-state index contributed by atoms with van der Waals surface area (Å²) in [5.74, 6) is 2.11. The molecule has 2 fully saturated rings. The minimum absolute atomic E-state index is 1.06. The molecule has 1 aliphatic heterocycles. The fourth-order valence-corrected chi connectivity index (χ4v) is 5.81. The van der Waals surface area contributed by atoms with E-state index in [2.05, 4.69) is 27.9 Å². The fraction of sp³-hybridized carbons (Fsp3) is 1.00. The van der Waals surface area contributed by atoms with Gasteiger partial charge >= 0.3 is 0 Å². The van der Waals surface area contributed by atoms with E-state index in [9.17, 15) is 0 Å². The second-order valence-electron chi connectivity index (χ2n) is 10.4. The number of nitrogens with zero attached hydrogens (tertiary/aromatic N) is 2. The summed E-state index contributed by atoms with van der Waals surface area (Å²) in [4.78, 5) is 0. The minimum Gasteiger partial charge on any atom is -0.321 e. The lowest BCUT2D eigenvalue weighted by molar-refractivity contribution is -0.960. The van der Waals surface area contributed by atoms with Gasteiger partial charge < -0.3 is 8.97 Å². The van der Waals surface area contributed by atoms with Gasteiger partial charge in [0.2, 0.25) is 0 Å². The van der Waals surface area contributed by atoms with Crippen LogP contribution in [0.15, 0.2) is 0 Å². The molecule has 1 aliphatic carbocycles. The number of hydrogen-bond donors (Lipinski definition) is 0. The van der Waals surface area contributed by atoms with Crippen molar-refractivity contribution in [2.24, 2.45) is 11.8 Å². The predicted octanol–water partition coefficient (Wildman–Crippen LogP) is 5.86. The summed E-state index contributed by atoms with van der Waals surface area (Å²) in [6.07, 6.45) is 17.4. The first-order valence-electron chi connectivity index (χ1n) is 12.2. The average Bonchev–Trinajstić information content (AvgIpc) is 2.98. The van der Waals surface area contributed by atoms with Crippen LogP contribution in [0.25, 0.3) is 0 Å². The SMILES string of the molecule is CCCCCC[N+](C)(CCCCCC)CC[N+]1(C)C[C@H]2CCCC[C@@H]2C1. The van der Waals surface area contributed by atoms with Gasteiger partial charge in [-0.25, -0.2) is 0 Å². The number of quaternary nitrogens is 2. The van der Waals surface area contributed by atoms with Crippen molar-refractivity contribution >= 4 is 0 Å². The third kappa shape index (κ3) is 7.15. The number of fused-ring (bicyclic) bond motifs is 1. The Kier molecular flexibility index (Phi) is 9.44. The van der Waals surface area contributed by atoms with Gasteiger partial charge in [0, 0.05) is 11.8 Å². The smallest absolute Gasteiger partial charge is 0.128 e. The quantitative estimate of drug-likeness (QED) is 0.283. The van der Waals surface area contributed by atoms with E-state index in [1.807, 2.05) is 0 Å². The number of rotatable bonds is 13. The van der Waals surface area contributed by atoms with Crippen LogP contribution in [-0.4, -0.2) is 62.3 Å². The van der Waals surface area contributed by atoms with E-state index in [0.29, 0.717) is 0 Å². The van der Waals surface area contributed by atoms with Crippen LogP contribution in [0.5, 0.6) is 0 Å². The second kappa shape index (κ2) is 11.1. The van der Waals surface area contributed by atoms with Gasteiger partial charge in [-0.2, -0.15) is 0 Å². The normalized spacial score (nSPS) is 25.4. The topological polar surface area (TPSA) is 0 Å². The van der Waals surface area contributed by atoms with Crippen LogP contribution in [-0.2, 0) is 0 Å². The van der Waals surface area contributed by atoms with Crippen LogP contribution < -0.4 is 0 Å². The van der Waals surface area contributed by atoms with Gasteiger partial charge in [-0.3, -0.25) is 0 Å². The highest BCUT2D eigenvalue weighted by Gasteiger charge is 2.44. The molecule has 2 heteroatoms. The van der Waals surface area contributed by atoms with Crippen LogP contribution in [0.3, 0.4) is 0 Å². The zero-order chi connectivity index (χ0) is 18.9. The summed E-state index contributed by atoms with van der Waals surface area (Å²) < 4.78 is 2.73. The third-order valence-electron chi connectivity index (χ3n) is 7.70. The van der Waals surface area contributed by atoms with E-state index in [1.54, 1.807) is 0 Å². The highest BCUT2D eigenvalue weighted by atomic mass is 15.4. The van der Waals surface area contributed by atoms with Crippen molar-refractivity contribution in [1.29, 1.82) is 0 Å². The molecule has 154 valence electrons. The number of likely N-dealkylation sites (N-methyl/N-ethyl adjacent to an activating group) is 2. The Hall–Kier alpha value is -0.0800. The molecule has 0 radical (unpaired) electrons. The molecule has 1 saturated carbocycles. The van der Waals surface area contributed by atoms with Gasteiger partial charge in [0.15, 0.2) is 0 Å². The van der Waals surface area contributed by atoms with Crippen molar-refractivity contribution in [3.63, 3.8) is 0 Å². The van der Waals surface area contributed by atoms with Gasteiger partial charge in [-0.15, -0.1) is 0 Å². The lowest BCUT2D eigenvalue weighted by atomic mass is 9.82. The molecule has 0 spiro atoms. The predicted molar refractivity (Wildman–Crippen MR) is 115 cm³/mol. The highest BCUT2D eigenvalue weighted by Crippen LogP contribution is 2.38. The van der Waals surface area contributed by atoms with Crippen molar-refractivity contribution in [1.82, 2.24) is 0 Å². The first kappa shape index (κ1) is 22.2. The van der Waals surface area contributed by atoms with Gasteiger partial charge in [0.1, 0.15) is 13.1 Å². The van der Waals surface area contributed by atoms with Gasteiger partial charge in [0.05, 0.1) is 40.3 Å². The molecule has 0 aromatic carbocycles. The average molecular weight is 367 g/mol. The largest absolute Gasteiger partial charge is 0.321 e. The Labute approximate surface area is 165 Å². The van der Waals surface area contributed by atoms with E-state index >= 15 is 0 Å². The van der Waals surface area contributed by atoms with Crippen LogP contribution in [0, 0.1) is 11.8 Å². The molecule has 0 N–H and O–H groups in total. The van der Waals surface area contributed by atoms with Crippen LogP contribution >= 0.6 is 0 Å². The van der Waals surface area contributed by atoms with Crippen molar-refractivity contribution in [3.8, 4) is 0 Å². The molecular formula is C24H50N2+2. The molecule has 0 bridgehead atoms. The molecule has 1 saturated heterocycles. The molecule has 0 aromatic heterocycles. The van der Waals surface area contributed by atoms with Crippen molar-refractivity contribution in [3.05, 3.63) is 0 Å². The van der Waals surface area contributed by atoms with E-state index in [0.717, 1.165) is 11.8 Å². The van der Waals surface area contributed by atoms with E-state index < -0.39 is 0 Å². The van der Waals surface area contributed by atoms with Gasteiger partial charge in [-0.05, 0) is 38.5 Å². The molecule has 2 atom stereocenters. The molecule has 2 rings (SSSR count). The molecular weight excluding hydrogens is 316 g/mol. The van der Waals surface area contributed by atoms with E-state index in [4.69, 9.17) is 0 Å². The summed E-state index contributed by atoms with van der Waals surface area (Å²) in [5.41, 5.74) is 0. The van der Waals surface area contributed by atoms with Crippen molar-refractivity contribution in [2.75, 3.05) is 53.4 Å². The summed E-state index contributed by atoms with van der Waals surface area (Å²) in [7, 11) is 5.16. The van der Waals surface area contributed by atoms with Crippen molar-refractivity contribution in [2.45, 2.75) is 90.9 Å². The lowest BCUT2D eigenvalue weighted by Gasteiger charge is -2.39. The molecule has 0 unspecified atom stereocenters. The molecule has 2 aliphatic rings. The lowest BCUT2D eigenvalue weighted by Crippen LogP contribution is -2.54. The van der Waals surface area contributed by atoms with Crippen LogP contribution in [0.2, 0.25) is 0 Å². The summed E-state index contributed by atoms with van der Waals surface area (Å²) >= 11 is 0. The van der Waals surface area contributed by atoms with Crippen molar-refractivity contribution < 1.29 is 8.97 Å². The summed E-state index contributed by atoms with van der Waals surface area (Å²) in [6.45, 7) is 13.3. The standard InChI is InChI=1S/C24H50N2/c1-5-7-9-13-17-25(3,18-14-10-8-6-2)19-20-26(4)21-23-15-11-12-16-24(23)22-26/h23-24H,5-22H2,1-4H3/q+2/t23-,24-/m1/s1. The number of hydrogen-bond acceptors (Lipinski definition) is 0. The summed E-state index contributed by atoms with van der Waals surface area (Å²) in [5, 5.41) is 0. The van der Waals surface area contributed by atoms with E-state index in [-0.39, 0.29) is 0 Å². The van der Waals surface area contributed by atoms with Gasteiger partial charge in [-0.1, -0.05) is 52.4 Å². The Morgan fingerprint density at radius 3 is 1.69 bits per heavy atom. The molecule has 2 nitrogen and oxygen atoms in total. The Morgan fingerprint density at radius 2 is 1.23 bits per heavy atom. The molecule has 26 heavy (non-hydrogen) atoms. The molecule has 0 aromatic rings. The third-order valence-corrected chi connectivity index (χ3v) is 7.70. The Bertz CT molecular complexity index is 352. The highest BCUT2D eigenvalue weighted by molar-refractivity contribution is 4.80. The monoisotopic (exact) mass is 366 g/mol. The first-order chi connectivity index (χ1) is 12.5.